The lowest BCUT2D eigenvalue weighted by molar-refractivity contribution is -0.212. The first kappa shape index (κ1) is 23.5. The van der Waals surface area contributed by atoms with E-state index in [1.165, 1.54) is 32.5 Å². The Labute approximate surface area is 179 Å². The summed E-state index contributed by atoms with van der Waals surface area (Å²) in [6.45, 7) is 7.50. The van der Waals surface area contributed by atoms with Crippen molar-refractivity contribution in [3.8, 4) is 0 Å². The van der Waals surface area contributed by atoms with E-state index in [2.05, 4.69) is 0 Å². The Morgan fingerprint density at radius 2 is 1.69 bits per heavy atom. The normalized spacial score (nSPS) is 26.5. The largest absolute Gasteiger partial charge is 0.463 e. The minimum Gasteiger partial charge on any atom is -0.463 e. The minimum absolute atomic E-state index is 0.0872. The van der Waals surface area contributed by atoms with Crippen LogP contribution in [0.25, 0.3) is 0 Å². The quantitative estimate of drug-likeness (QED) is 0.486. The van der Waals surface area contributed by atoms with Crippen LogP contribution in [0.4, 0.5) is 0 Å². The van der Waals surface area contributed by atoms with E-state index in [0.717, 1.165) is 10.5 Å². The lowest BCUT2D eigenvalue weighted by atomic mass is 9.91. The molecule has 7 nitrogen and oxygen atoms in total. The molecule has 1 aliphatic rings. The molecule has 1 fully saturated rings. The molecule has 0 saturated carbocycles. The van der Waals surface area contributed by atoms with E-state index in [0.29, 0.717) is 5.02 Å². The van der Waals surface area contributed by atoms with Crippen LogP contribution in [0.2, 0.25) is 5.02 Å². The number of ether oxygens (including phenoxy) is 4. The van der Waals surface area contributed by atoms with E-state index < -0.39 is 47.6 Å². The van der Waals surface area contributed by atoms with Gasteiger partial charge in [0.05, 0.1) is 0 Å². The molecule has 0 N–H and O–H groups in total. The van der Waals surface area contributed by atoms with E-state index in [1.807, 2.05) is 19.1 Å². The molecule has 9 heteroatoms. The number of carbonyl (C=O) groups excluding carboxylic acids is 3. The lowest BCUT2D eigenvalue weighted by Crippen LogP contribution is -2.56. The first-order valence-corrected chi connectivity index (χ1v) is 10.4. The predicted molar refractivity (Wildman–Crippen MR) is 108 cm³/mol. The van der Waals surface area contributed by atoms with Gasteiger partial charge in [0.25, 0.3) is 0 Å². The fourth-order valence-electron chi connectivity index (χ4n) is 3.04. The molecule has 29 heavy (non-hydrogen) atoms. The Balaban J connectivity index is 2.31. The number of rotatable bonds is 6. The molecular weight excluding hydrogens is 420 g/mol. The number of benzene rings is 1. The second-order valence-electron chi connectivity index (χ2n) is 6.88. The molecule has 1 aromatic rings. The Morgan fingerprint density at radius 3 is 2.24 bits per heavy atom. The van der Waals surface area contributed by atoms with Gasteiger partial charge in [-0.3, -0.25) is 14.4 Å². The number of halogens is 1. The van der Waals surface area contributed by atoms with Gasteiger partial charge < -0.3 is 18.9 Å². The summed E-state index contributed by atoms with van der Waals surface area (Å²) in [5, 5.41) is 0.608. The van der Waals surface area contributed by atoms with Gasteiger partial charge >= 0.3 is 17.9 Å². The summed E-state index contributed by atoms with van der Waals surface area (Å²) in [5.41, 5.74) is 0.327. The minimum atomic E-state index is -0.741. The molecule has 0 aromatic heterocycles. The molecule has 1 aromatic carbocycles. The molecule has 0 spiro atoms. The van der Waals surface area contributed by atoms with Gasteiger partial charge in [-0.2, -0.15) is 0 Å². The zero-order valence-corrected chi connectivity index (χ0v) is 18.5. The molecule has 5 atom stereocenters. The van der Waals surface area contributed by atoms with Crippen molar-refractivity contribution in [1.29, 1.82) is 0 Å². The van der Waals surface area contributed by atoms with Crippen LogP contribution in [0.1, 0.15) is 33.3 Å². The van der Waals surface area contributed by atoms with Crippen molar-refractivity contribution >= 4 is 41.3 Å². The molecule has 0 radical (unpaired) electrons. The van der Waals surface area contributed by atoms with Crippen molar-refractivity contribution < 1.29 is 33.3 Å². The Hall–Kier alpha value is -1.77. The van der Waals surface area contributed by atoms with Crippen molar-refractivity contribution in [3.05, 3.63) is 28.8 Å². The zero-order chi connectivity index (χ0) is 21.7. The van der Waals surface area contributed by atoms with Gasteiger partial charge in [-0.1, -0.05) is 36.4 Å². The number of carbonyl (C=O) groups is 3. The van der Waals surface area contributed by atoms with Crippen molar-refractivity contribution in [3.63, 3.8) is 0 Å². The summed E-state index contributed by atoms with van der Waals surface area (Å²) >= 11 is 7.56. The zero-order valence-electron chi connectivity index (χ0n) is 17.0. The third kappa shape index (κ3) is 6.62. The average molecular weight is 445 g/mol. The summed E-state index contributed by atoms with van der Waals surface area (Å²) in [6.07, 6.45) is -2.13. The van der Waals surface area contributed by atoms with Gasteiger partial charge in [0, 0.05) is 36.6 Å². The molecule has 1 heterocycles. The third-order valence-electron chi connectivity index (χ3n) is 4.43. The summed E-state index contributed by atoms with van der Waals surface area (Å²) in [6, 6.07) is 5.58. The molecule has 1 aliphatic heterocycles. The van der Waals surface area contributed by atoms with Crippen LogP contribution in [0.3, 0.4) is 0 Å². The maximum Gasteiger partial charge on any atom is 0.303 e. The van der Waals surface area contributed by atoms with E-state index in [9.17, 15) is 14.4 Å². The summed E-state index contributed by atoms with van der Waals surface area (Å²) < 4.78 is 22.1. The van der Waals surface area contributed by atoms with E-state index in [1.54, 1.807) is 13.0 Å². The van der Waals surface area contributed by atoms with Crippen LogP contribution in [0.5, 0.6) is 0 Å². The standard InChI is InChI=1S/C20H25ClO7S/c1-10-6-7-15(8-16(10)21)29-20-19(27-14(5)24)11(2)18(26-13(4)23)17(28-20)9-25-12(3)22/h6-8,11,17-20H,9H2,1-5H3/t11?,17?,18-,19?,20-/m1/s1. The van der Waals surface area contributed by atoms with Crippen molar-refractivity contribution in [2.75, 3.05) is 6.61 Å². The topological polar surface area (TPSA) is 88.1 Å². The fraction of sp³-hybridized carbons (Fsp3) is 0.550. The van der Waals surface area contributed by atoms with Gasteiger partial charge in [-0.25, -0.2) is 0 Å². The second-order valence-corrected chi connectivity index (χ2v) is 8.46. The Bertz CT molecular complexity index is 767. The maximum atomic E-state index is 11.7. The van der Waals surface area contributed by atoms with E-state index in [-0.39, 0.29) is 6.61 Å². The van der Waals surface area contributed by atoms with Crippen LogP contribution in [0, 0.1) is 12.8 Å². The van der Waals surface area contributed by atoms with Crippen LogP contribution in [-0.4, -0.2) is 48.3 Å². The first-order valence-electron chi connectivity index (χ1n) is 9.14. The summed E-state index contributed by atoms with van der Waals surface area (Å²) in [4.78, 5) is 35.4. The molecule has 0 bridgehead atoms. The lowest BCUT2D eigenvalue weighted by Gasteiger charge is -2.43. The highest BCUT2D eigenvalue weighted by molar-refractivity contribution is 7.99. The van der Waals surface area contributed by atoms with E-state index in [4.69, 9.17) is 30.5 Å². The Morgan fingerprint density at radius 1 is 1.07 bits per heavy atom. The fourth-order valence-corrected chi connectivity index (χ4v) is 4.52. The molecule has 3 unspecified atom stereocenters. The molecule has 0 amide bonds. The summed E-state index contributed by atoms with van der Waals surface area (Å²) in [5.74, 6) is -1.84. The van der Waals surface area contributed by atoms with Gasteiger partial charge in [0.2, 0.25) is 0 Å². The number of hydrogen-bond donors (Lipinski definition) is 0. The van der Waals surface area contributed by atoms with Crippen LogP contribution in [-0.2, 0) is 33.3 Å². The van der Waals surface area contributed by atoms with Crippen molar-refractivity contribution in [2.24, 2.45) is 5.92 Å². The predicted octanol–water partition coefficient (Wildman–Crippen LogP) is 3.53. The third-order valence-corrected chi connectivity index (χ3v) is 5.98. The number of thioether (sulfide) groups is 1. The smallest absolute Gasteiger partial charge is 0.303 e. The molecule has 2 rings (SSSR count). The molecule has 1 saturated heterocycles. The summed E-state index contributed by atoms with van der Waals surface area (Å²) in [7, 11) is 0. The van der Waals surface area contributed by atoms with Crippen LogP contribution >= 0.6 is 23.4 Å². The SMILES string of the molecule is CC(=O)OCC1O[C@H](Sc2ccc(C)c(Cl)c2)C(OC(C)=O)C(C)[C@H]1OC(C)=O. The molecular formula is C20H25ClO7S. The van der Waals surface area contributed by atoms with Gasteiger partial charge in [-0.15, -0.1) is 0 Å². The van der Waals surface area contributed by atoms with Gasteiger partial charge in [0.1, 0.15) is 30.4 Å². The second kappa shape index (κ2) is 10.3. The van der Waals surface area contributed by atoms with Gasteiger partial charge in [0.15, 0.2) is 0 Å². The highest BCUT2D eigenvalue weighted by Crippen LogP contribution is 2.39. The molecule has 0 aliphatic carbocycles. The van der Waals surface area contributed by atoms with E-state index >= 15 is 0 Å². The Kier molecular flexibility index (Phi) is 8.36. The van der Waals surface area contributed by atoms with Crippen LogP contribution in [0.15, 0.2) is 23.1 Å². The van der Waals surface area contributed by atoms with Crippen molar-refractivity contribution in [1.82, 2.24) is 0 Å². The number of esters is 3. The maximum absolute atomic E-state index is 11.7. The average Bonchev–Trinajstić information content (AvgIpc) is 2.61. The van der Waals surface area contributed by atoms with Crippen LogP contribution < -0.4 is 0 Å². The monoisotopic (exact) mass is 444 g/mol. The first-order chi connectivity index (χ1) is 13.6. The highest BCUT2D eigenvalue weighted by Gasteiger charge is 2.48. The van der Waals surface area contributed by atoms with Crippen molar-refractivity contribution in [2.45, 2.75) is 63.3 Å². The molecule has 160 valence electrons. The highest BCUT2D eigenvalue weighted by atomic mass is 35.5. The van der Waals surface area contributed by atoms with Gasteiger partial charge in [-0.05, 0) is 24.6 Å². The number of hydrogen-bond acceptors (Lipinski definition) is 8. The number of aryl methyl sites for hydroxylation is 1.